The van der Waals surface area contributed by atoms with Gasteiger partial charge < -0.3 is 4.90 Å². The van der Waals surface area contributed by atoms with E-state index in [9.17, 15) is 8.42 Å². The molecular formula is C29H32N2O2S2. The zero-order valence-electron chi connectivity index (χ0n) is 19.9. The third-order valence-corrected chi connectivity index (χ3v) is 11.5. The summed E-state index contributed by atoms with van der Waals surface area (Å²) in [5, 5.41) is 0. The van der Waals surface area contributed by atoms with Crippen molar-refractivity contribution in [1.82, 2.24) is 9.21 Å². The zero-order valence-corrected chi connectivity index (χ0v) is 21.6. The van der Waals surface area contributed by atoms with Crippen LogP contribution in [0.4, 0.5) is 0 Å². The average Bonchev–Trinajstić information content (AvgIpc) is 3.49. The highest BCUT2D eigenvalue weighted by molar-refractivity contribution is 7.99. The molecule has 3 aliphatic rings. The van der Waals surface area contributed by atoms with Crippen LogP contribution in [-0.4, -0.2) is 56.1 Å². The number of thioether (sulfide) groups is 1. The molecule has 6 heteroatoms. The van der Waals surface area contributed by atoms with E-state index in [1.807, 2.05) is 23.9 Å². The standard InChI is InChI=1S/C29H32N2O2S2/c32-35(33,25-11-5-2-6-12-25)31-20-24(26(21-31)23-9-3-1-4-10-23)19-30-17-15-29(16-18-30)22-34-28-14-8-7-13-27(28)29/h1-14,24,26H,15-22H2/t24-,26+/m1/s1. The first-order valence-electron chi connectivity index (χ1n) is 12.6. The van der Waals surface area contributed by atoms with Crippen LogP contribution in [0.15, 0.2) is 94.7 Å². The molecule has 3 aromatic rings. The van der Waals surface area contributed by atoms with E-state index in [-0.39, 0.29) is 11.8 Å². The third kappa shape index (κ3) is 4.35. The summed E-state index contributed by atoms with van der Waals surface area (Å²) >= 11 is 2.01. The van der Waals surface area contributed by atoms with Crippen molar-refractivity contribution in [3.8, 4) is 0 Å². The van der Waals surface area contributed by atoms with Gasteiger partial charge in [0.15, 0.2) is 0 Å². The first-order chi connectivity index (χ1) is 17.1. The summed E-state index contributed by atoms with van der Waals surface area (Å²) in [5.41, 5.74) is 3.11. The second-order valence-corrected chi connectivity index (χ2v) is 13.2. The number of benzene rings is 3. The van der Waals surface area contributed by atoms with Crippen molar-refractivity contribution in [2.75, 3.05) is 38.5 Å². The lowest BCUT2D eigenvalue weighted by atomic mass is 9.74. The first kappa shape index (κ1) is 23.3. The van der Waals surface area contributed by atoms with E-state index < -0.39 is 10.0 Å². The number of hydrogen-bond donors (Lipinski definition) is 0. The Morgan fingerprint density at radius 2 is 1.49 bits per heavy atom. The molecule has 182 valence electrons. The Morgan fingerprint density at radius 1 is 0.829 bits per heavy atom. The highest BCUT2D eigenvalue weighted by Crippen LogP contribution is 2.49. The van der Waals surface area contributed by atoms with Crippen molar-refractivity contribution in [3.63, 3.8) is 0 Å². The predicted molar refractivity (Wildman–Crippen MR) is 142 cm³/mol. The van der Waals surface area contributed by atoms with Crippen molar-refractivity contribution in [3.05, 3.63) is 96.1 Å². The van der Waals surface area contributed by atoms with Crippen LogP contribution in [0.3, 0.4) is 0 Å². The maximum absolute atomic E-state index is 13.4. The molecule has 3 aliphatic heterocycles. The molecular weight excluding hydrogens is 472 g/mol. The summed E-state index contributed by atoms with van der Waals surface area (Å²) in [4.78, 5) is 4.45. The van der Waals surface area contributed by atoms with Crippen LogP contribution in [-0.2, 0) is 15.4 Å². The molecule has 0 aliphatic carbocycles. The summed E-state index contributed by atoms with van der Waals surface area (Å²) in [5.74, 6) is 1.70. The van der Waals surface area contributed by atoms with Gasteiger partial charge >= 0.3 is 0 Å². The molecule has 0 bridgehead atoms. The topological polar surface area (TPSA) is 40.6 Å². The van der Waals surface area contributed by atoms with E-state index in [4.69, 9.17) is 0 Å². The van der Waals surface area contributed by atoms with E-state index >= 15 is 0 Å². The molecule has 2 saturated heterocycles. The average molecular weight is 505 g/mol. The van der Waals surface area contributed by atoms with Gasteiger partial charge in [0.25, 0.3) is 0 Å². The second kappa shape index (κ2) is 9.40. The Morgan fingerprint density at radius 3 is 2.23 bits per heavy atom. The normalized spacial score (nSPS) is 24.6. The summed E-state index contributed by atoms with van der Waals surface area (Å²) in [6, 6.07) is 28.3. The van der Waals surface area contributed by atoms with E-state index in [1.165, 1.54) is 29.1 Å². The molecule has 2 atom stereocenters. The lowest BCUT2D eigenvalue weighted by Gasteiger charge is -2.41. The number of hydrogen-bond acceptors (Lipinski definition) is 4. The smallest absolute Gasteiger partial charge is 0.243 e. The van der Waals surface area contributed by atoms with Crippen LogP contribution in [0.5, 0.6) is 0 Å². The number of piperidine rings is 1. The highest BCUT2D eigenvalue weighted by atomic mass is 32.2. The van der Waals surface area contributed by atoms with Gasteiger partial charge in [0.2, 0.25) is 10.0 Å². The molecule has 0 amide bonds. The minimum absolute atomic E-state index is 0.216. The first-order valence-corrected chi connectivity index (χ1v) is 15.0. The van der Waals surface area contributed by atoms with Crippen molar-refractivity contribution in [1.29, 1.82) is 0 Å². The molecule has 4 nitrogen and oxygen atoms in total. The van der Waals surface area contributed by atoms with Gasteiger partial charge in [-0.2, -0.15) is 4.31 Å². The summed E-state index contributed by atoms with van der Waals surface area (Å²) in [6.07, 6.45) is 2.37. The lowest BCUT2D eigenvalue weighted by molar-refractivity contribution is 0.148. The second-order valence-electron chi connectivity index (χ2n) is 10.3. The number of fused-ring (bicyclic) bond motifs is 2. The highest BCUT2D eigenvalue weighted by Gasteiger charge is 2.44. The van der Waals surface area contributed by atoms with E-state index in [2.05, 4.69) is 53.4 Å². The fraction of sp³-hybridized carbons (Fsp3) is 0.379. The number of likely N-dealkylation sites (tertiary alicyclic amines) is 1. The predicted octanol–water partition coefficient (Wildman–Crippen LogP) is 5.23. The fourth-order valence-corrected chi connectivity index (χ4v) is 9.30. The number of rotatable bonds is 5. The van der Waals surface area contributed by atoms with E-state index in [1.54, 1.807) is 34.1 Å². The summed E-state index contributed by atoms with van der Waals surface area (Å²) < 4.78 is 28.6. The van der Waals surface area contributed by atoms with Gasteiger partial charge in [-0.3, -0.25) is 0 Å². The van der Waals surface area contributed by atoms with Crippen LogP contribution < -0.4 is 0 Å². The van der Waals surface area contributed by atoms with Crippen LogP contribution in [0.25, 0.3) is 0 Å². The van der Waals surface area contributed by atoms with Gasteiger partial charge in [0.1, 0.15) is 0 Å². The van der Waals surface area contributed by atoms with Crippen LogP contribution >= 0.6 is 11.8 Å². The molecule has 0 N–H and O–H groups in total. The Kier molecular flexibility index (Phi) is 6.25. The summed E-state index contributed by atoms with van der Waals surface area (Å²) in [7, 11) is -3.49. The Bertz CT molecular complexity index is 1270. The van der Waals surface area contributed by atoms with Crippen molar-refractivity contribution < 1.29 is 8.42 Å². The molecule has 0 radical (unpaired) electrons. The monoisotopic (exact) mass is 504 g/mol. The Labute approximate surface area is 213 Å². The minimum Gasteiger partial charge on any atom is -0.303 e. The van der Waals surface area contributed by atoms with Crippen molar-refractivity contribution in [2.24, 2.45) is 5.92 Å². The maximum atomic E-state index is 13.4. The SMILES string of the molecule is O=S(=O)(c1ccccc1)N1C[C@@H](CN2CCC3(CC2)CSc2ccccc23)[C@H](c2ccccc2)C1. The molecule has 1 spiro atoms. The van der Waals surface area contributed by atoms with Gasteiger partial charge in [0, 0.05) is 41.6 Å². The molecule has 3 heterocycles. The van der Waals surface area contributed by atoms with Crippen LogP contribution in [0, 0.1) is 5.92 Å². The molecule has 3 aromatic carbocycles. The van der Waals surface area contributed by atoms with Crippen molar-refractivity contribution in [2.45, 2.75) is 34.0 Å². The maximum Gasteiger partial charge on any atom is 0.243 e. The summed E-state index contributed by atoms with van der Waals surface area (Å²) in [6.45, 7) is 4.24. The van der Waals surface area contributed by atoms with Gasteiger partial charge in [-0.05, 0) is 61.2 Å². The largest absolute Gasteiger partial charge is 0.303 e. The van der Waals surface area contributed by atoms with Gasteiger partial charge in [0.05, 0.1) is 4.90 Å². The molecule has 2 fully saturated rings. The number of nitrogens with zero attached hydrogens (tertiary/aromatic N) is 2. The minimum atomic E-state index is -3.49. The zero-order chi connectivity index (χ0) is 23.9. The Hall–Kier alpha value is -2.12. The van der Waals surface area contributed by atoms with Gasteiger partial charge in [-0.1, -0.05) is 66.7 Å². The van der Waals surface area contributed by atoms with E-state index in [0.717, 1.165) is 19.6 Å². The fourth-order valence-electron chi connectivity index (χ4n) is 6.27. The molecule has 0 aromatic heterocycles. The van der Waals surface area contributed by atoms with Gasteiger partial charge in [-0.15, -0.1) is 11.8 Å². The van der Waals surface area contributed by atoms with Crippen LogP contribution in [0.2, 0.25) is 0 Å². The molecule has 6 rings (SSSR count). The third-order valence-electron chi connectivity index (χ3n) is 8.28. The van der Waals surface area contributed by atoms with Crippen LogP contribution in [0.1, 0.15) is 29.9 Å². The van der Waals surface area contributed by atoms with Gasteiger partial charge in [-0.25, -0.2) is 8.42 Å². The number of sulfonamides is 1. The van der Waals surface area contributed by atoms with E-state index in [0.29, 0.717) is 23.4 Å². The lowest BCUT2D eigenvalue weighted by Crippen LogP contribution is -2.45. The quantitative estimate of drug-likeness (QED) is 0.477. The van der Waals surface area contributed by atoms with Crippen molar-refractivity contribution >= 4 is 21.8 Å². The molecule has 35 heavy (non-hydrogen) atoms. The molecule has 0 unspecified atom stereocenters. The Balaban J connectivity index is 1.20. The molecule has 0 saturated carbocycles.